The van der Waals surface area contributed by atoms with E-state index in [1.807, 2.05) is 20.8 Å². The molecule has 1 aliphatic rings. The van der Waals surface area contributed by atoms with Crippen LogP contribution in [0.3, 0.4) is 0 Å². The molecule has 1 amide bonds. The molecule has 2 heterocycles. The topological polar surface area (TPSA) is 66.6 Å². The first-order valence-corrected chi connectivity index (χ1v) is 6.90. The second-order valence-corrected chi connectivity index (χ2v) is 6.52. The van der Waals surface area contributed by atoms with Gasteiger partial charge in [-0.1, -0.05) is 25.9 Å². The first-order chi connectivity index (χ1) is 9.63. The Morgan fingerprint density at radius 1 is 1.43 bits per heavy atom. The van der Waals surface area contributed by atoms with Crippen molar-refractivity contribution in [2.45, 2.75) is 51.1 Å². The van der Waals surface area contributed by atoms with Crippen LogP contribution in [0.25, 0.3) is 0 Å². The number of hydrogen-bond donors (Lipinski definition) is 1. The molecule has 0 aliphatic carbocycles. The summed E-state index contributed by atoms with van der Waals surface area (Å²) in [6, 6.07) is 1.58. The zero-order valence-corrected chi connectivity index (χ0v) is 12.4. The number of likely N-dealkylation sites (tertiary alicyclic amines) is 1. The van der Waals surface area contributed by atoms with Gasteiger partial charge in [0.2, 0.25) is 0 Å². The number of piperidine rings is 1. The maximum Gasteiger partial charge on any atom is 0.276 e. The molecule has 0 spiro atoms. The highest BCUT2D eigenvalue weighted by molar-refractivity contribution is 5.92. The van der Waals surface area contributed by atoms with Crippen LogP contribution in [0.4, 0.5) is 8.78 Å². The smallest absolute Gasteiger partial charge is 0.276 e. The van der Waals surface area contributed by atoms with Gasteiger partial charge in [-0.25, -0.2) is 8.78 Å². The van der Waals surface area contributed by atoms with E-state index >= 15 is 0 Å². The molecule has 1 fully saturated rings. The van der Waals surface area contributed by atoms with Gasteiger partial charge in [0.15, 0.2) is 5.69 Å². The second-order valence-electron chi connectivity index (χ2n) is 6.52. The molecule has 7 heteroatoms. The number of amides is 1. The molecule has 1 saturated heterocycles. The van der Waals surface area contributed by atoms with E-state index in [0.717, 1.165) is 0 Å². The predicted molar refractivity (Wildman–Crippen MR) is 71.3 cm³/mol. The van der Waals surface area contributed by atoms with Crippen molar-refractivity contribution in [3.63, 3.8) is 0 Å². The fraction of sp³-hybridized carbons (Fsp3) is 0.714. The summed E-state index contributed by atoms with van der Waals surface area (Å²) in [5.41, 5.74) is -2.08. The molecular formula is C14H20F2N2O3. The Balaban J connectivity index is 2.04. The number of alkyl halides is 2. The highest BCUT2D eigenvalue weighted by Crippen LogP contribution is 2.29. The first-order valence-electron chi connectivity index (χ1n) is 6.90. The van der Waals surface area contributed by atoms with E-state index in [0.29, 0.717) is 5.76 Å². The van der Waals surface area contributed by atoms with Gasteiger partial charge in [-0.2, -0.15) is 0 Å². The first kappa shape index (κ1) is 15.9. The highest BCUT2D eigenvalue weighted by atomic mass is 19.3. The molecule has 1 N–H and O–H groups in total. The SMILES string of the molecule is CC(C)(C)c1cc(C(=O)N2CCC(O)(C(F)F)CC2)no1. The number of halogens is 2. The largest absolute Gasteiger partial charge is 0.384 e. The lowest BCUT2D eigenvalue weighted by atomic mass is 9.91. The predicted octanol–water partition coefficient (Wildman–Crippen LogP) is 2.20. The van der Waals surface area contributed by atoms with E-state index in [1.54, 1.807) is 6.07 Å². The molecular weight excluding hydrogens is 282 g/mol. The van der Waals surface area contributed by atoms with Crippen LogP contribution in [0.5, 0.6) is 0 Å². The number of aliphatic hydroxyl groups is 1. The lowest BCUT2D eigenvalue weighted by molar-refractivity contribution is -0.122. The minimum atomic E-state index is -2.80. The molecule has 0 bridgehead atoms. The van der Waals surface area contributed by atoms with Crippen molar-refractivity contribution in [1.82, 2.24) is 10.1 Å². The van der Waals surface area contributed by atoms with E-state index < -0.39 is 12.0 Å². The van der Waals surface area contributed by atoms with Crippen molar-refractivity contribution in [3.8, 4) is 0 Å². The number of carbonyl (C=O) groups is 1. The van der Waals surface area contributed by atoms with Crippen LogP contribution in [0, 0.1) is 0 Å². The number of rotatable bonds is 2. The average molecular weight is 302 g/mol. The second kappa shape index (κ2) is 5.36. The van der Waals surface area contributed by atoms with Crippen LogP contribution in [0.15, 0.2) is 10.6 Å². The van der Waals surface area contributed by atoms with Crippen LogP contribution in [0.1, 0.15) is 49.9 Å². The Kier molecular flexibility index (Phi) is 4.06. The molecule has 5 nitrogen and oxygen atoms in total. The molecule has 0 aromatic carbocycles. The minimum absolute atomic E-state index is 0.0807. The van der Waals surface area contributed by atoms with E-state index in [1.165, 1.54) is 4.90 Å². The maximum atomic E-state index is 12.7. The summed E-state index contributed by atoms with van der Waals surface area (Å²) >= 11 is 0. The molecule has 21 heavy (non-hydrogen) atoms. The Hall–Kier alpha value is -1.50. The molecule has 2 rings (SSSR count). The van der Waals surface area contributed by atoms with Crippen molar-refractivity contribution < 1.29 is 23.2 Å². The van der Waals surface area contributed by atoms with Gasteiger partial charge in [0.05, 0.1) is 0 Å². The Labute approximate surface area is 121 Å². The van der Waals surface area contributed by atoms with Crippen molar-refractivity contribution in [1.29, 1.82) is 0 Å². The average Bonchev–Trinajstić information content (AvgIpc) is 2.88. The molecule has 0 radical (unpaired) electrons. The zero-order valence-electron chi connectivity index (χ0n) is 12.4. The van der Waals surface area contributed by atoms with Crippen LogP contribution in [-0.2, 0) is 5.41 Å². The molecule has 0 saturated carbocycles. The molecule has 0 atom stereocenters. The zero-order chi connectivity index (χ0) is 15.8. The number of nitrogens with zero attached hydrogens (tertiary/aromatic N) is 2. The summed E-state index contributed by atoms with van der Waals surface area (Å²) in [6.45, 7) is 5.97. The maximum absolute atomic E-state index is 12.7. The summed E-state index contributed by atoms with van der Waals surface area (Å²) in [7, 11) is 0. The summed E-state index contributed by atoms with van der Waals surface area (Å²) in [5.74, 6) is 0.234. The third-order valence-corrected chi connectivity index (χ3v) is 3.79. The fourth-order valence-electron chi connectivity index (χ4n) is 2.21. The van der Waals surface area contributed by atoms with Gasteiger partial charge in [0, 0.05) is 24.6 Å². The molecule has 1 aliphatic heterocycles. The molecule has 0 unspecified atom stereocenters. The Morgan fingerprint density at radius 2 is 2.00 bits per heavy atom. The lowest BCUT2D eigenvalue weighted by Crippen LogP contribution is -2.50. The quantitative estimate of drug-likeness (QED) is 0.909. The Bertz CT molecular complexity index is 515. The number of carbonyl (C=O) groups excluding carboxylic acids is 1. The normalized spacial score (nSPS) is 19.1. The third-order valence-electron chi connectivity index (χ3n) is 3.79. The van der Waals surface area contributed by atoms with E-state index in [2.05, 4.69) is 5.16 Å². The lowest BCUT2D eigenvalue weighted by Gasteiger charge is -2.37. The van der Waals surface area contributed by atoms with E-state index in [-0.39, 0.29) is 42.9 Å². The van der Waals surface area contributed by atoms with E-state index in [4.69, 9.17) is 4.52 Å². The van der Waals surface area contributed by atoms with Gasteiger partial charge >= 0.3 is 0 Å². The van der Waals surface area contributed by atoms with Gasteiger partial charge in [-0.05, 0) is 12.8 Å². The van der Waals surface area contributed by atoms with Crippen LogP contribution >= 0.6 is 0 Å². The van der Waals surface area contributed by atoms with Crippen molar-refractivity contribution >= 4 is 5.91 Å². The monoisotopic (exact) mass is 302 g/mol. The van der Waals surface area contributed by atoms with Crippen molar-refractivity contribution in [2.24, 2.45) is 0 Å². The molecule has 1 aromatic heterocycles. The van der Waals surface area contributed by atoms with Gasteiger partial charge in [-0.3, -0.25) is 4.79 Å². The standard InChI is InChI=1S/C14H20F2N2O3/c1-13(2,3)10-8-9(17-21-10)11(19)18-6-4-14(20,5-7-18)12(15)16/h8,12,20H,4-7H2,1-3H3. The van der Waals surface area contributed by atoms with E-state index in [9.17, 15) is 18.7 Å². The van der Waals surface area contributed by atoms with Crippen molar-refractivity contribution in [2.75, 3.05) is 13.1 Å². The van der Waals surface area contributed by atoms with Crippen LogP contribution in [-0.4, -0.2) is 46.2 Å². The van der Waals surface area contributed by atoms with Gasteiger partial charge < -0.3 is 14.5 Å². The van der Waals surface area contributed by atoms with Crippen molar-refractivity contribution in [3.05, 3.63) is 17.5 Å². The number of aromatic nitrogens is 1. The molecule has 1 aromatic rings. The fourth-order valence-corrected chi connectivity index (χ4v) is 2.21. The van der Waals surface area contributed by atoms with Crippen LogP contribution in [0.2, 0.25) is 0 Å². The van der Waals surface area contributed by atoms with Gasteiger partial charge in [-0.15, -0.1) is 0 Å². The molecule has 118 valence electrons. The van der Waals surface area contributed by atoms with Gasteiger partial charge in [0.1, 0.15) is 11.4 Å². The third kappa shape index (κ3) is 3.23. The summed E-state index contributed by atoms with van der Waals surface area (Å²) in [5, 5.41) is 13.5. The van der Waals surface area contributed by atoms with Crippen LogP contribution < -0.4 is 0 Å². The van der Waals surface area contributed by atoms with Gasteiger partial charge in [0.25, 0.3) is 12.3 Å². The summed E-state index contributed by atoms with van der Waals surface area (Å²) in [4.78, 5) is 13.7. The minimum Gasteiger partial charge on any atom is -0.384 e. The summed E-state index contributed by atoms with van der Waals surface area (Å²) in [6.07, 6.45) is -3.07. The highest BCUT2D eigenvalue weighted by Gasteiger charge is 2.42. The Morgan fingerprint density at radius 3 is 2.43 bits per heavy atom. The number of hydrogen-bond acceptors (Lipinski definition) is 4. The summed E-state index contributed by atoms with van der Waals surface area (Å²) < 4.78 is 30.6.